The molecule has 1 aromatic carbocycles. The lowest BCUT2D eigenvalue weighted by atomic mass is 9.99. The molecular formula is C16H24N2O2. The van der Waals surface area contributed by atoms with Gasteiger partial charge in [-0.2, -0.15) is 0 Å². The zero-order valence-corrected chi connectivity index (χ0v) is 12.0. The average molecular weight is 276 g/mol. The van der Waals surface area contributed by atoms with Crippen molar-refractivity contribution in [2.45, 2.75) is 37.8 Å². The number of hydrogen-bond donors (Lipinski definition) is 1. The van der Waals surface area contributed by atoms with E-state index in [0.29, 0.717) is 12.6 Å². The first-order chi connectivity index (χ1) is 9.86. The molecule has 0 radical (unpaired) electrons. The summed E-state index contributed by atoms with van der Waals surface area (Å²) >= 11 is 0. The van der Waals surface area contributed by atoms with Crippen LogP contribution in [0.2, 0.25) is 0 Å². The smallest absolute Gasteiger partial charge is 0.161 e. The van der Waals surface area contributed by atoms with Crippen molar-refractivity contribution in [3.63, 3.8) is 0 Å². The van der Waals surface area contributed by atoms with Crippen LogP contribution in [0.4, 0.5) is 0 Å². The molecule has 1 fully saturated rings. The van der Waals surface area contributed by atoms with Gasteiger partial charge in [0.1, 0.15) is 12.7 Å². The fourth-order valence-corrected chi connectivity index (χ4v) is 3.23. The van der Waals surface area contributed by atoms with E-state index >= 15 is 0 Å². The van der Waals surface area contributed by atoms with Crippen LogP contribution in [-0.2, 0) is 0 Å². The molecule has 0 bridgehead atoms. The van der Waals surface area contributed by atoms with Crippen LogP contribution in [0, 0.1) is 0 Å². The zero-order chi connectivity index (χ0) is 13.8. The highest BCUT2D eigenvalue weighted by Crippen LogP contribution is 2.31. The maximum Gasteiger partial charge on any atom is 0.161 e. The summed E-state index contributed by atoms with van der Waals surface area (Å²) in [6, 6.07) is 8.53. The highest BCUT2D eigenvalue weighted by Gasteiger charge is 2.28. The van der Waals surface area contributed by atoms with Crippen LogP contribution in [-0.4, -0.2) is 43.3 Å². The van der Waals surface area contributed by atoms with E-state index in [9.17, 15) is 0 Å². The summed E-state index contributed by atoms with van der Waals surface area (Å²) in [5.74, 6) is 1.73. The monoisotopic (exact) mass is 276 g/mol. The van der Waals surface area contributed by atoms with Crippen LogP contribution in [0.3, 0.4) is 0 Å². The summed E-state index contributed by atoms with van der Waals surface area (Å²) < 4.78 is 11.9. The number of para-hydroxylation sites is 2. The number of rotatable bonds is 4. The predicted molar refractivity (Wildman–Crippen MR) is 79.2 cm³/mol. The number of nitrogens with two attached hydrogens (primary N) is 1. The van der Waals surface area contributed by atoms with Crippen LogP contribution in [0.15, 0.2) is 24.3 Å². The Balaban J connectivity index is 1.60. The van der Waals surface area contributed by atoms with Crippen molar-refractivity contribution in [1.29, 1.82) is 0 Å². The van der Waals surface area contributed by atoms with Crippen molar-refractivity contribution in [2.24, 2.45) is 5.73 Å². The highest BCUT2D eigenvalue weighted by molar-refractivity contribution is 5.40. The lowest BCUT2D eigenvalue weighted by Gasteiger charge is -2.38. The highest BCUT2D eigenvalue weighted by atomic mass is 16.6. The molecule has 2 aliphatic heterocycles. The Morgan fingerprint density at radius 2 is 2.05 bits per heavy atom. The van der Waals surface area contributed by atoms with Gasteiger partial charge in [-0.15, -0.1) is 0 Å². The Labute approximate surface area is 120 Å². The second kappa shape index (κ2) is 6.46. The molecule has 4 nitrogen and oxygen atoms in total. The Morgan fingerprint density at radius 3 is 2.90 bits per heavy atom. The second-order valence-electron chi connectivity index (χ2n) is 5.72. The number of fused-ring (bicyclic) bond motifs is 1. The minimum absolute atomic E-state index is 0.128. The van der Waals surface area contributed by atoms with Gasteiger partial charge in [0.2, 0.25) is 0 Å². The van der Waals surface area contributed by atoms with Crippen molar-refractivity contribution in [2.75, 3.05) is 26.2 Å². The van der Waals surface area contributed by atoms with Gasteiger partial charge in [-0.3, -0.25) is 4.90 Å². The topological polar surface area (TPSA) is 47.7 Å². The van der Waals surface area contributed by atoms with E-state index in [-0.39, 0.29) is 6.10 Å². The second-order valence-corrected chi connectivity index (χ2v) is 5.72. The van der Waals surface area contributed by atoms with E-state index in [1.807, 2.05) is 24.3 Å². The molecular weight excluding hydrogens is 252 g/mol. The van der Waals surface area contributed by atoms with E-state index in [1.54, 1.807) is 0 Å². The van der Waals surface area contributed by atoms with Gasteiger partial charge >= 0.3 is 0 Å². The van der Waals surface area contributed by atoms with Gasteiger partial charge in [-0.1, -0.05) is 18.6 Å². The number of hydrogen-bond acceptors (Lipinski definition) is 4. The van der Waals surface area contributed by atoms with Crippen molar-refractivity contribution in [3.05, 3.63) is 24.3 Å². The minimum Gasteiger partial charge on any atom is -0.486 e. The predicted octanol–water partition coefficient (Wildman–Crippen LogP) is 2.03. The van der Waals surface area contributed by atoms with Crippen molar-refractivity contribution in [3.8, 4) is 11.5 Å². The first-order valence-electron chi connectivity index (χ1n) is 7.69. The molecule has 20 heavy (non-hydrogen) atoms. The van der Waals surface area contributed by atoms with Gasteiger partial charge in [-0.05, 0) is 44.5 Å². The minimum atomic E-state index is 0.128. The number of nitrogens with zero attached hydrogens (tertiary/aromatic N) is 1. The third-order valence-corrected chi connectivity index (χ3v) is 4.25. The summed E-state index contributed by atoms with van der Waals surface area (Å²) in [6.45, 7) is 3.51. The summed E-state index contributed by atoms with van der Waals surface area (Å²) in [5, 5.41) is 0. The zero-order valence-electron chi connectivity index (χ0n) is 12.0. The molecule has 0 aliphatic carbocycles. The molecule has 4 heteroatoms. The number of piperidine rings is 1. The fraction of sp³-hybridized carbons (Fsp3) is 0.625. The average Bonchev–Trinajstić information content (AvgIpc) is 2.49. The van der Waals surface area contributed by atoms with Crippen LogP contribution in [0.1, 0.15) is 25.7 Å². The number of ether oxygens (including phenoxy) is 2. The van der Waals surface area contributed by atoms with E-state index in [2.05, 4.69) is 4.90 Å². The molecule has 0 amide bonds. The number of likely N-dealkylation sites (tertiary alicyclic amines) is 1. The molecule has 110 valence electrons. The Morgan fingerprint density at radius 1 is 1.20 bits per heavy atom. The van der Waals surface area contributed by atoms with Crippen LogP contribution in [0.25, 0.3) is 0 Å². The van der Waals surface area contributed by atoms with E-state index in [0.717, 1.165) is 37.6 Å². The third-order valence-electron chi connectivity index (χ3n) is 4.25. The summed E-state index contributed by atoms with van der Waals surface area (Å²) in [6.07, 6.45) is 5.09. The molecule has 2 unspecified atom stereocenters. The maximum absolute atomic E-state index is 6.06. The van der Waals surface area contributed by atoms with Gasteiger partial charge in [0, 0.05) is 12.6 Å². The molecule has 2 N–H and O–H groups in total. The van der Waals surface area contributed by atoms with Gasteiger partial charge in [0.05, 0.1) is 0 Å². The SMILES string of the molecule is NCCC1CCCCN1CC1COc2ccccc2O1. The van der Waals surface area contributed by atoms with Gasteiger partial charge in [-0.25, -0.2) is 0 Å². The van der Waals surface area contributed by atoms with Gasteiger partial charge in [0.25, 0.3) is 0 Å². The Bertz CT molecular complexity index is 436. The first-order valence-corrected chi connectivity index (χ1v) is 7.69. The third kappa shape index (κ3) is 3.07. The molecule has 3 rings (SSSR count). The molecule has 2 aliphatic rings. The summed E-state index contributed by atoms with van der Waals surface area (Å²) in [7, 11) is 0. The van der Waals surface area contributed by atoms with Gasteiger partial charge < -0.3 is 15.2 Å². The normalized spacial score (nSPS) is 26.4. The molecule has 1 saturated heterocycles. The van der Waals surface area contributed by atoms with E-state index in [4.69, 9.17) is 15.2 Å². The molecule has 0 spiro atoms. The van der Waals surface area contributed by atoms with Crippen molar-refractivity contribution in [1.82, 2.24) is 4.90 Å². The van der Waals surface area contributed by atoms with Crippen LogP contribution in [0.5, 0.6) is 11.5 Å². The Hall–Kier alpha value is -1.26. The summed E-state index contributed by atoms with van der Waals surface area (Å²) in [4.78, 5) is 2.54. The Kier molecular flexibility index (Phi) is 4.43. The molecule has 1 aromatic rings. The number of benzene rings is 1. The largest absolute Gasteiger partial charge is 0.486 e. The quantitative estimate of drug-likeness (QED) is 0.914. The molecule has 2 atom stereocenters. The van der Waals surface area contributed by atoms with Crippen molar-refractivity contribution >= 4 is 0 Å². The maximum atomic E-state index is 6.06. The lowest BCUT2D eigenvalue weighted by Crippen LogP contribution is -2.48. The summed E-state index contributed by atoms with van der Waals surface area (Å²) in [5.41, 5.74) is 5.74. The first kappa shape index (κ1) is 13.7. The molecule has 0 aromatic heterocycles. The molecule has 0 saturated carbocycles. The van der Waals surface area contributed by atoms with Crippen LogP contribution < -0.4 is 15.2 Å². The lowest BCUT2D eigenvalue weighted by molar-refractivity contribution is 0.0330. The standard InChI is InChI=1S/C16H24N2O2/c17-9-8-13-5-3-4-10-18(13)11-14-12-19-15-6-1-2-7-16(15)20-14/h1-2,6-7,13-14H,3-5,8-12,17H2. The van der Waals surface area contributed by atoms with E-state index < -0.39 is 0 Å². The fourth-order valence-electron chi connectivity index (χ4n) is 3.23. The van der Waals surface area contributed by atoms with Crippen LogP contribution >= 0.6 is 0 Å². The van der Waals surface area contributed by atoms with E-state index in [1.165, 1.54) is 19.3 Å². The van der Waals surface area contributed by atoms with Gasteiger partial charge in [0.15, 0.2) is 11.5 Å². The van der Waals surface area contributed by atoms with Crippen molar-refractivity contribution < 1.29 is 9.47 Å². The molecule has 2 heterocycles.